The molecule has 10 heteroatoms. The number of hydrogen-bond acceptors (Lipinski definition) is 4. The molecule has 3 aromatic rings. The third-order valence-electron chi connectivity index (χ3n) is 5.09. The van der Waals surface area contributed by atoms with E-state index in [1.54, 1.807) is 6.07 Å². The number of halogens is 4. The van der Waals surface area contributed by atoms with Gasteiger partial charge in [-0.3, -0.25) is 5.10 Å². The second-order valence-electron chi connectivity index (χ2n) is 7.39. The van der Waals surface area contributed by atoms with Gasteiger partial charge in [0.15, 0.2) is 0 Å². The second-order valence-corrected chi connectivity index (χ2v) is 7.39. The number of likely N-dealkylation sites (tertiary alicyclic amines) is 1. The number of nitrogens with zero attached hydrogens (tertiary/aromatic N) is 2. The molecule has 0 bridgehead atoms. The summed E-state index contributed by atoms with van der Waals surface area (Å²) in [6.07, 6.45) is -2.00. The maximum Gasteiger partial charge on any atom is 0.490 e. The van der Waals surface area contributed by atoms with Crippen molar-refractivity contribution in [3.05, 3.63) is 60.0 Å². The van der Waals surface area contributed by atoms with Crippen LogP contribution in [0.3, 0.4) is 0 Å². The maximum atomic E-state index is 13.2. The number of H-pyrrole nitrogens is 1. The minimum Gasteiger partial charge on any atom is -0.490 e. The van der Waals surface area contributed by atoms with Crippen LogP contribution in [0.25, 0.3) is 10.9 Å². The van der Waals surface area contributed by atoms with E-state index in [1.807, 2.05) is 18.2 Å². The Hall–Kier alpha value is -3.14. The largest absolute Gasteiger partial charge is 0.490 e. The molecule has 1 aliphatic rings. The van der Waals surface area contributed by atoms with Gasteiger partial charge in [0.2, 0.25) is 0 Å². The van der Waals surface area contributed by atoms with Crippen molar-refractivity contribution in [2.75, 3.05) is 19.6 Å². The van der Waals surface area contributed by atoms with E-state index in [0.717, 1.165) is 44.4 Å². The van der Waals surface area contributed by atoms with Crippen molar-refractivity contribution in [1.82, 2.24) is 15.1 Å². The van der Waals surface area contributed by atoms with E-state index in [1.165, 1.54) is 23.2 Å². The molecule has 1 aliphatic heterocycles. The number of para-hydroxylation sites is 1. The summed E-state index contributed by atoms with van der Waals surface area (Å²) in [6, 6.07) is 14.6. The molecule has 2 heterocycles. The SMILES string of the molecule is Fc1cccc(OC2CCN(CCc3[nH]nc4ccccc34)CC2)c1.O=C(O)C(F)(F)F. The van der Waals surface area contributed by atoms with E-state index in [4.69, 9.17) is 14.6 Å². The van der Waals surface area contributed by atoms with Crippen molar-refractivity contribution >= 4 is 16.9 Å². The quantitative estimate of drug-likeness (QED) is 0.559. The molecule has 1 fully saturated rings. The highest BCUT2D eigenvalue weighted by Crippen LogP contribution is 2.21. The van der Waals surface area contributed by atoms with Crippen molar-refractivity contribution in [3.8, 4) is 5.75 Å². The van der Waals surface area contributed by atoms with Crippen LogP contribution in [0.2, 0.25) is 0 Å². The van der Waals surface area contributed by atoms with Crippen LogP contribution in [0.15, 0.2) is 48.5 Å². The number of carbonyl (C=O) groups is 1. The lowest BCUT2D eigenvalue weighted by atomic mass is 10.1. The topological polar surface area (TPSA) is 78.5 Å². The van der Waals surface area contributed by atoms with Gasteiger partial charge in [-0.05, 0) is 31.0 Å². The number of carboxylic acid groups (broad SMARTS) is 1. The Morgan fingerprint density at radius 1 is 1.16 bits per heavy atom. The first-order valence-corrected chi connectivity index (χ1v) is 10.1. The Balaban J connectivity index is 0.000000360. The summed E-state index contributed by atoms with van der Waals surface area (Å²) >= 11 is 0. The molecule has 0 radical (unpaired) electrons. The lowest BCUT2D eigenvalue weighted by Crippen LogP contribution is -2.39. The fraction of sp³-hybridized carbons (Fsp3) is 0.364. The van der Waals surface area contributed by atoms with Crippen molar-refractivity contribution in [2.24, 2.45) is 0 Å². The fourth-order valence-corrected chi connectivity index (χ4v) is 3.46. The van der Waals surface area contributed by atoms with Gasteiger partial charge >= 0.3 is 12.1 Å². The number of ether oxygens (including phenoxy) is 1. The first kappa shape index (κ1) is 23.5. The summed E-state index contributed by atoms with van der Waals surface area (Å²) < 4.78 is 50.9. The zero-order valence-electron chi connectivity index (χ0n) is 17.1. The number of benzene rings is 2. The van der Waals surface area contributed by atoms with Gasteiger partial charge < -0.3 is 14.7 Å². The minimum atomic E-state index is -5.08. The molecule has 2 N–H and O–H groups in total. The van der Waals surface area contributed by atoms with Gasteiger partial charge in [0.05, 0.1) is 5.52 Å². The van der Waals surface area contributed by atoms with Gasteiger partial charge in [-0.1, -0.05) is 24.3 Å². The molecule has 172 valence electrons. The number of alkyl halides is 3. The summed E-state index contributed by atoms with van der Waals surface area (Å²) in [4.78, 5) is 11.4. The van der Waals surface area contributed by atoms with E-state index in [2.05, 4.69) is 27.2 Å². The zero-order valence-corrected chi connectivity index (χ0v) is 17.1. The van der Waals surface area contributed by atoms with Gasteiger partial charge in [-0.25, -0.2) is 9.18 Å². The number of fused-ring (bicyclic) bond motifs is 1. The number of carboxylic acids is 1. The Morgan fingerprint density at radius 2 is 1.84 bits per heavy atom. The lowest BCUT2D eigenvalue weighted by Gasteiger charge is -2.32. The summed E-state index contributed by atoms with van der Waals surface area (Å²) in [6.45, 7) is 3.02. The van der Waals surface area contributed by atoms with Crippen LogP contribution < -0.4 is 4.74 Å². The van der Waals surface area contributed by atoms with Crippen LogP contribution in [-0.2, 0) is 11.2 Å². The number of hydrogen-bond donors (Lipinski definition) is 2. The molecular weight excluding hydrogens is 430 g/mol. The van der Waals surface area contributed by atoms with Crippen LogP contribution in [0, 0.1) is 5.82 Å². The van der Waals surface area contributed by atoms with Crippen molar-refractivity contribution in [2.45, 2.75) is 31.5 Å². The van der Waals surface area contributed by atoms with Gasteiger partial charge in [-0.2, -0.15) is 18.3 Å². The van der Waals surface area contributed by atoms with Crippen molar-refractivity contribution in [1.29, 1.82) is 0 Å². The van der Waals surface area contributed by atoms with E-state index in [0.29, 0.717) is 5.75 Å². The number of aromatic nitrogens is 2. The molecule has 2 aromatic carbocycles. The Bertz CT molecular complexity index is 1030. The smallest absolute Gasteiger partial charge is 0.490 e. The highest BCUT2D eigenvalue weighted by atomic mass is 19.4. The lowest BCUT2D eigenvalue weighted by molar-refractivity contribution is -0.192. The van der Waals surface area contributed by atoms with Gasteiger partial charge in [-0.15, -0.1) is 0 Å². The monoisotopic (exact) mass is 453 g/mol. The fourth-order valence-electron chi connectivity index (χ4n) is 3.46. The Labute approximate surface area is 181 Å². The second kappa shape index (κ2) is 10.4. The van der Waals surface area contributed by atoms with Crippen molar-refractivity contribution in [3.63, 3.8) is 0 Å². The Kier molecular flexibility index (Phi) is 7.68. The minimum absolute atomic E-state index is 0.172. The molecule has 0 unspecified atom stereocenters. The average molecular weight is 453 g/mol. The number of piperidine rings is 1. The summed E-state index contributed by atoms with van der Waals surface area (Å²) in [7, 11) is 0. The predicted octanol–water partition coefficient (Wildman–Crippen LogP) is 4.42. The van der Waals surface area contributed by atoms with Gasteiger partial charge in [0.1, 0.15) is 17.7 Å². The van der Waals surface area contributed by atoms with Gasteiger partial charge in [0.25, 0.3) is 0 Å². The molecule has 1 saturated heterocycles. The van der Waals surface area contributed by atoms with Crippen LogP contribution in [-0.4, -0.2) is 58.1 Å². The molecule has 6 nitrogen and oxygen atoms in total. The summed E-state index contributed by atoms with van der Waals surface area (Å²) in [5.74, 6) is -2.38. The van der Waals surface area contributed by atoms with E-state index in [9.17, 15) is 17.6 Å². The molecule has 1 aromatic heterocycles. The molecule has 0 amide bonds. The van der Waals surface area contributed by atoms with E-state index in [-0.39, 0.29) is 11.9 Å². The Morgan fingerprint density at radius 3 is 2.50 bits per heavy atom. The molecule has 4 rings (SSSR count). The standard InChI is InChI=1S/C20H22FN3O.C2HF3O2/c21-15-4-3-5-17(14-15)25-16-8-11-24(12-9-16)13-10-20-18-6-1-2-7-19(18)22-23-20;3-2(4,5)1(6)7/h1-7,14,16H,8-13H2,(H,22,23);(H,6,7). The van der Waals surface area contributed by atoms with E-state index >= 15 is 0 Å². The maximum absolute atomic E-state index is 13.2. The molecule has 32 heavy (non-hydrogen) atoms. The van der Waals surface area contributed by atoms with Crippen LogP contribution in [0.1, 0.15) is 18.5 Å². The highest BCUT2D eigenvalue weighted by molar-refractivity contribution is 5.81. The molecule has 0 atom stereocenters. The number of aliphatic carboxylic acids is 1. The number of rotatable bonds is 5. The first-order valence-electron chi connectivity index (χ1n) is 10.1. The molecule has 0 spiro atoms. The zero-order chi connectivity index (χ0) is 23.1. The highest BCUT2D eigenvalue weighted by Gasteiger charge is 2.38. The van der Waals surface area contributed by atoms with E-state index < -0.39 is 12.1 Å². The average Bonchev–Trinajstić information content (AvgIpc) is 3.16. The normalized spacial score (nSPS) is 15.2. The molecule has 0 aliphatic carbocycles. The third kappa shape index (κ3) is 6.68. The summed E-state index contributed by atoms with van der Waals surface area (Å²) in [5.41, 5.74) is 2.23. The predicted molar refractivity (Wildman–Crippen MR) is 110 cm³/mol. The third-order valence-corrected chi connectivity index (χ3v) is 5.09. The van der Waals surface area contributed by atoms with Crippen LogP contribution >= 0.6 is 0 Å². The first-order chi connectivity index (χ1) is 15.2. The van der Waals surface area contributed by atoms with Crippen LogP contribution in [0.5, 0.6) is 5.75 Å². The molecule has 0 saturated carbocycles. The summed E-state index contributed by atoms with van der Waals surface area (Å²) in [5, 5.41) is 15.9. The van der Waals surface area contributed by atoms with Gasteiger partial charge in [0, 0.05) is 43.2 Å². The number of aromatic amines is 1. The van der Waals surface area contributed by atoms with Crippen LogP contribution in [0.4, 0.5) is 17.6 Å². The number of nitrogens with one attached hydrogen (secondary N) is 1. The van der Waals surface area contributed by atoms with Crippen molar-refractivity contribution < 1.29 is 32.2 Å². The molecular formula is C22H23F4N3O3.